The van der Waals surface area contributed by atoms with Gasteiger partial charge in [0.15, 0.2) is 6.61 Å². The first-order chi connectivity index (χ1) is 15.1. The normalized spacial score (nSPS) is 15.6. The Morgan fingerprint density at radius 3 is 2.65 bits per heavy atom. The lowest BCUT2D eigenvalue weighted by Gasteiger charge is -2.11. The van der Waals surface area contributed by atoms with Crippen LogP contribution in [0.2, 0.25) is 5.02 Å². The summed E-state index contributed by atoms with van der Waals surface area (Å²) in [6.07, 6.45) is 3.55. The van der Waals surface area contributed by atoms with E-state index in [-0.39, 0.29) is 24.2 Å². The molecule has 4 rings (SSSR count). The molecule has 0 aliphatic carbocycles. The number of hydrogen-bond donors (Lipinski definition) is 1. The van der Waals surface area contributed by atoms with Crippen LogP contribution in [0.1, 0.15) is 23.2 Å². The average Bonchev–Trinajstić information content (AvgIpc) is 3.47. The topological polar surface area (TPSA) is 82.5 Å². The molecule has 0 spiro atoms. The largest absolute Gasteiger partial charge is 0.452 e. The molecule has 1 atom stereocenters. The molecule has 1 saturated heterocycles. The van der Waals surface area contributed by atoms with Crippen molar-refractivity contribution in [2.45, 2.75) is 18.9 Å². The second kappa shape index (κ2) is 9.76. The van der Waals surface area contributed by atoms with Crippen molar-refractivity contribution >= 4 is 23.5 Å². The number of nitrogens with zero attached hydrogens (tertiary/aromatic N) is 2. The number of carbonyl (C=O) groups excluding carboxylic acids is 2. The number of nitrogens with one attached hydrogen (secondary N) is 1. The molecule has 1 unspecified atom stereocenters. The lowest BCUT2D eigenvalue weighted by Crippen LogP contribution is -2.34. The minimum Gasteiger partial charge on any atom is -0.452 e. The van der Waals surface area contributed by atoms with Gasteiger partial charge in [0.1, 0.15) is 11.3 Å². The van der Waals surface area contributed by atoms with E-state index in [4.69, 9.17) is 21.1 Å². The van der Waals surface area contributed by atoms with E-state index in [2.05, 4.69) is 10.4 Å². The average molecular weight is 440 g/mol. The predicted octanol–water partition coefficient (Wildman–Crippen LogP) is 3.64. The van der Waals surface area contributed by atoms with Gasteiger partial charge in [-0.1, -0.05) is 41.9 Å². The molecule has 1 aromatic heterocycles. The molecule has 160 valence electrons. The van der Waals surface area contributed by atoms with Gasteiger partial charge in [-0.2, -0.15) is 5.10 Å². The maximum Gasteiger partial charge on any atom is 0.342 e. The molecular weight excluding hydrogens is 418 g/mol. The summed E-state index contributed by atoms with van der Waals surface area (Å²) in [4.78, 5) is 24.9. The fourth-order valence-corrected chi connectivity index (χ4v) is 3.48. The standard InChI is InChI=1S/C23H22ClN3O4/c24-17-10-8-16(9-11-17)22-20(14-27(26-22)18-5-2-1-3-6-18)23(29)31-15-21(28)25-13-19-7-4-12-30-19/h1-3,5-6,8-11,14,19H,4,7,12-13,15H2,(H,25,28). The maximum atomic E-state index is 12.8. The third-order valence-electron chi connectivity index (χ3n) is 4.96. The molecule has 2 aromatic carbocycles. The molecule has 0 saturated carbocycles. The summed E-state index contributed by atoms with van der Waals surface area (Å²) in [7, 11) is 0. The number of hydrogen-bond acceptors (Lipinski definition) is 5. The summed E-state index contributed by atoms with van der Waals surface area (Å²) in [5, 5.41) is 7.89. The van der Waals surface area contributed by atoms with Crippen LogP contribution in [0.15, 0.2) is 60.8 Å². The molecule has 31 heavy (non-hydrogen) atoms. The predicted molar refractivity (Wildman–Crippen MR) is 116 cm³/mol. The maximum absolute atomic E-state index is 12.8. The number of benzene rings is 2. The van der Waals surface area contributed by atoms with Crippen LogP contribution in [0.4, 0.5) is 0 Å². The van der Waals surface area contributed by atoms with Gasteiger partial charge < -0.3 is 14.8 Å². The lowest BCUT2D eigenvalue weighted by atomic mass is 10.1. The van der Waals surface area contributed by atoms with Gasteiger partial charge in [-0.05, 0) is 37.1 Å². The van der Waals surface area contributed by atoms with Crippen LogP contribution in [0, 0.1) is 0 Å². The minimum absolute atomic E-state index is 0.0280. The van der Waals surface area contributed by atoms with Crippen molar-refractivity contribution in [1.82, 2.24) is 15.1 Å². The van der Waals surface area contributed by atoms with Gasteiger partial charge in [-0.3, -0.25) is 4.79 Å². The Morgan fingerprint density at radius 1 is 1.16 bits per heavy atom. The molecule has 7 nitrogen and oxygen atoms in total. The Labute approximate surface area is 184 Å². The van der Waals surface area contributed by atoms with Crippen LogP contribution in [0.3, 0.4) is 0 Å². The molecule has 1 amide bonds. The number of para-hydroxylation sites is 1. The van der Waals surface area contributed by atoms with Crippen LogP contribution in [0.5, 0.6) is 0 Å². The monoisotopic (exact) mass is 439 g/mol. The SMILES string of the molecule is O=C(COC(=O)c1cn(-c2ccccc2)nc1-c1ccc(Cl)cc1)NCC1CCCO1. The van der Waals surface area contributed by atoms with Crippen molar-refractivity contribution in [3.05, 3.63) is 71.4 Å². The molecule has 0 bridgehead atoms. The third-order valence-corrected chi connectivity index (χ3v) is 5.21. The van der Waals surface area contributed by atoms with E-state index in [1.165, 1.54) is 0 Å². The first-order valence-corrected chi connectivity index (χ1v) is 10.4. The molecule has 0 radical (unpaired) electrons. The summed E-state index contributed by atoms with van der Waals surface area (Å²) in [6.45, 7) is 0.759. The smallest absolute Gasteiger partial charge is 0.342 e. The lowest BCUT2D eigenvalue weighted by molar-refractivity contribution is -0.124. The van der Waals surface area contributed by atoms with Gasteiger partial charge in [0.25, 0.3) is 5.91 Å². The number of rotatable bonds is 7. The summed E-state index contributed by atoms with van der Waals surface area (Å²) >= 11 is 5.99. The number of halogens is 1. The van der Waals surface area contributed by atoms with E-state index in [0.29, 0.717) is 29.4 Å². The van der Waals surface area contributed by atoms with Crippen molar-refractivity contribution in [2.75, 3.05) is 19.8 Å². The fourth-order valence-electron chi connectivity index (χ4n) is 3.35. The van der Waals surface area contributed by atoms with Gasteiger partial charge in [-0.15, -0.1) is 0 Å². The number of aromatic nitrogens is 2. The van der Waals surface area contributed by atoms with Crippen molar-refractivity contribution in [3.63, 3.8) is 0 Å². The summed E-state index contributed by atoms with van der Waals surface area (Å²) in [5.41, 5.74) is 2.23. The molecule has 1 aliphatic heterocycles. The van der Waals surface area contributed by atoms with E-state index in [9.17, 15) is 9.59 Å². The van der Waals surface area contributed by atoms with E-state index in [0.717, 1.165) is 18.5 Å². The van der Waals surface area contributed by atoms with Gasteiger partial charge in [0, 0.05) is 29.9 Å². The second-order valence-electron chi connectivity index (χ2n) is 7.19. The zero-order valence-corrected chi connectivity index (χ0v) is 17.5. The highest BCUT2D eigenvalue weighted by Gasteiger charge is 2.21. The third kappa shape index (κ3) is 5.31. The Bertz CT molecular complexity index is 1040. The summed E-state index contributed by atoms with van der Waals surface area (Å²) in [6, 6.07) is 16.5. The number of esters is 1. The van der Waals surface area contributed by atoms with Crippen LogP contribution < -0.4 is 5.32 Å². The van der Waals surface area contributed by atoms with Crippen molar-refractivity contribution < 1.29 is 19.1 Å². The van der Waals surface area contributed by atoms with Crippen LogP contribution >= 0.6 is 11.6 Å². The van der Waals surface area contributed by atoms with Crippen molar-refractivity contribution in [1.29, 1.82) is 0 Å². The van der Waals surface area contributed by atoms with Crippen LogP contribution in [-0.2, 0) is 14.3 Å². The first-order valence-electron chi connectivity index (χ1n) is 10.1. The van der Waals surface area contributed by atoms with Gasteiger partial charge in [0.2, 0.25) is 0 Å². The van der Waals surface area contributed by atoms with E-state index >= 15 is 0 Å². The van der Waals surface area contributed by atoms with Crippen molar-refractivity contribution in [3.8, 4) is 16.9 Å². The Balaban J connectivity index is 1.49. The first kappa shape index (κ1) is 21.1. The zero-order valence-electron chi connectivity index (χ0n) is 16.8. The highest BCUT2D eigenvalue weighted by atomic mass is 35.5. The molecule has 8 heteroatoms. The van der Waals surface area contributed by atoms with E-state index in [1.54, 1.807) is 35.1 Å². The molecule has 2 heterocycles. The Morgan fingerprint density at radius 2 is 1.94 bits per heavy atom. The number of amides is 1. The van der Waals surface area contributed by atoms with Gasteiger partial charge in [-0.25, -0.2) is 9.48 Å². The van der Waals surface area contributed by atoms with Crippen molar-refractivity contribution in [2.24, 2.45) is 0 Å². The quantitative estimate of drug-likeness (QED) is 0.568. The highest BCUT2D eigenvalue weighted by Crippen LogP contribution is 2.26. The zero-order chi connectivity index (χ0) is 21.6. The molecule has 1 aliphatic rings. The van der Waals surface area contributed by atoms with E-state index in [1.807, 2.05) is 30.3 Å². The molecular formula is C23H22ClN3O4. The Hall–Kier alpha value is -3.16. The van der Waals surface area contributed by atoms with Crippen LogP contribution in [-0.4, -0.2) is 47.5 Å². The molecule has 1 N–H and O–H groups in total. The number of ether oxygens (including phenoxy) is 2. The molecule has 1 fully saturated rings. The fraction of sp³-hybridized carbons (Fsp3) is 0.261. The Kier molecular flexibility index (Phi) is 6.64. The number of carbonyl (C=O) groups is 2. The summed E-state index contributed by atoms with van der Waals surface area (Å²) in [5.74, 6) is -0.994. The summed E-state index contributed by atoms with van der Waals surface area (Å²) < 4.78 is 12.4. The van der Waals surface area contributed by atoms with Crippen LogP contribution in [0.25, 0.3) is 16.9 Å². The van der Waals surface area contributed by atoms with E-state index < -0.39 is 5.97 Å². The second-order valence-corrected chi connectivity index (χ2v) is 7.63. The van der Waals surface area contributed by atoms with Gasteiger partial charge >= 0.3 is 5.97 Å². The highest BCUT2D eigenvalue weighted by molar-refractivity contribution is 6.30. The molecule has 3 aromatic rings. The minimum atomic E-state index is -0.626. The van der Waals surface area contributed by atoms with Gasteiger partial charge in [0.05, 0.1) is 11.8 Å².